The molecule has 0 unspecified atom stereocenters. The van der Waals surface area contributed by atoms with Crippen molar-refractivity contribution in [2.75, 3.05) is 44.6 Å². The predicted octanol–water partition coefficient (Wildman–Crippen LogP) is 2.87. The quantitative estimate of drug-likeness (QED) is 0.371. The molecule has 0 aliphatic carbocycles. The second-order valence-corrected chi connectivity index (χ2v) is 7.52. The van der Waals surface area contributed by atoms with Gasteiger partial charge in [-0.05, 0) is 42.5 Å². The van der Waals surface area contributed by atoms with E-state index >= 15 is 0 Å². The van der Waals surface area contributed by atoms with Crippen LogP contribution in [-0.2, 0) is 6.54 Å². The number of aliphatic imine (C=N–C) groups is 1. The summed E-state index contributed by atoms with van der Waals surface area (Å²) in [6, 6.07) is 11.6. The first-order valence-corrected chi connectivity index (χ1v) is 9.97. The second kappa shape index (κ2) is 9.86. The molecule has 1 heterocycles. The van der Waals surface area contributed by atoms with Gasteiger partial charge in [0.1, 0.15) is 11.6 Å². The molecule has 3 rings (SSSR count). The highest BCUT2D eigenvalue weighted by molar-refractivity contribution is 9.10. The zero-order valence-electron chi connectivity index (χ0n) is 15.5. The molecule has 0 radical (unpaired) electrons. The van der Waals surface area contributed by atoms with Gasteiger partial charge in [0.15, 0.2) is 5.96 Å². The maximum Gasteiger partial charge on any atom is 0.198 e. The molecular formula is C20H24BrFN4O2. The number of nitrogens with one attached hydrogen (secondary N) is 1. The van der Waals surface area contributed by atoms with Gasteiger partial charge >= 0.3 is 0 Å². The molecule has 1 fully saturated rings. The van der Waals surface area contributed by atoms with Crippen molar-refractivity contribution in [3.8, 4) is 5.75 Å². The highest BCUT2D eigenvalue weighted by Crippen LogP contribution is 2.18. The minimum atomic E-state index is -0.288. The third kappa shape index (κ3) is 5.67. The molecule has 0 aromatic heterocycles. The lowest BCUT2D eigenvalue weighted by Crippen LogP contribution is -2.51. The zero-order chi connectivity index (χ0) is 19.9. The van der Waals surface area contributed by atoms with Crippen LogP contribution in [0.25, 0.3) is 0 Å². The number of β-amino-alcohol motifs (C(OH)–C–C–N with tert-alkyl or cyclic N) is 1. The number of aliphatic hydroxyl groups excluding tert-OH is 1. The largest absolute Gasteiger partial charge is 0.508 e. The number of piperazine rings is 1. The molecule has 3 N–H and O–H groups in total. The van der Waals surface area contributed by atoms with Crippen LogP contribution in [0.4, 0.5) is 10.1 Å². The first kappa shape index (κ1) is 20.6. The molecule has 28 heavy (non-hydrogen) atoms. The highest BCUT2D eigenvalue weighted by Gasteiger charge is 2.20. The third-order valence-electron chi connectivity index (χ3n) is 4.62. The molecule has 0 spiro atoms. The molecule has 1 aliphatic heterocycles. The summed E-state index contributed by atoms with van der Waals surface area (Å²) >= 11 is 3.37. The minimum absolute atomic E-state index is 0.148. The average Bonchev–Trinajstić information content (AvgIpc) is 2.70. The summed E-state index contributed by atoms with van der Waals surface area (Å²) in [6.45, 7) is 4.17. The fraction of sp³-hybridized carbons (Fsp3) is 0.350. The Kier molecular flexibility index (Phi) is 7.24. The number of phenolic OH excluding ortho intramolecular Hbond substituents is 1. The summed E-state index contributed by atoms with van der Waals surface area (Å²) in [5.74, 6) is 0.565. The lowest BCUT2D eigenvalue weighted by atomic mass is 10.2. The number of guanidine groups is 1. The van der Waals surface area contributed by atoms with Gasteiger partial charge in [0.25, 0.3) is 0 Å². The first-order chi connectivity index (χ1) is 13.5. The van der Waals surface area contributed by atoms with Crippen LogP contribution in [0.5, 0.6) is 5.75 Å². The molecule has 0 saturated carbocycles. The van der Waals surface area contributed by atoms with E-state index in [2.05, 4.69) is 36.0 Å². The van der Waals surface area contributed by atoms with E-state index in [9.17, 15) is 9.50 Å². The van der Waals surface area contributed by atoms with E-state index < -0.39 is 0 Å². The average molecular weight is 451 g/mol. The fourth-order valence-electron chi connectivity index (χ4n) is 3.04. The first-order valence-electron chi connectivity index (χ1n) is 9.18. The Morgan fingerprint density at radius 3 is 2.50 bits per heavy atom. The van der Waals surface area contributed by atoms with Gasteiger partial charge in [-0.2, -0.15) is 0 Å². The molecule has 150 valence electrons. The van der Waals surface area contributed by atoms with Gasteiger partial charge in [-0.15, -0.1) is 0 Å². The molecule has 1 aliphatic rings. The van der Waals surface area contributed by atoms with E-state index in [-0.39, 0.29) is 24.7 Å². The number of hydrogen-bond acceptors (Lipinski definition) is 4. The van der Waals surface area contributed by atoms with E-state index in [1.165, 1.54) is 6.07 Å². The highest BCUT2D eigenvalue weighted by atomic mass is 79.9. The van der Waals surface area contributed by atoms with E-state index in [0.717, 1.165) is 36.3 Å². The van der Waals surface area contributed by atoms with Gasteiger partial charge in [0, 0.05) is 48.4 Å². The van der Waals surface area contributed by atoms with Crippen LogP contribution in [0.3, 0.4) is 0 Å². The number of aromatic hydroxyl groups is 1. The summed E-state index contributed by atoms with van der Waals surface area (Å²) in [7, 11) is 0. The lowest BCUT2D eigenvalue weighted by molar-refractivity contribution is 0.147. The normalized spacial score (nSPS) is 15.7. The molecule has 6 nitrogen and oxygen atoms in total. The van der Waals surface area contributed by atoms with Crippen molar-refractivity contribution in [3.05, 3.63) is 58.3 Å². The summed E-state index contributed by atoms with van der Waals surface area (Å²) in [4.78, 5) is 8.97. The maximum absolute atomic E-state index is 14.1. The van der Waals surface area contributed by atoms with Gasteiger partial charge < -0.3 is 20.4 Å². The maximum atomic E-state index is 14.1. The van der Waals surface area contributed by atoms with Crippen LogP contribution < -0.4 is 5.32 Å². The van der Waals surface area contributed by atoms with Crippen LogP contribution in [0, 0.1) is 5.82 Å². The molecule has 0 atom stereocenters. The number of halogens is 2. The number of benzene rings is 2. The summed E-state index contributed by atoms with van der Waals surface area (Å²) < 4.78 is 14.9. The molecule has 0 amide bonds. The van der Waals surface area contributed by atoms with Gasteiger partial charge in [-0.25, -0.2) is 9.38 Å². The molecular weight excluding hydrogens is 427 g/mol. The lowest BCUT2D eigenvalue weighted by Gasteiger charge is -2.36. The monoisotopic (exact) mass is 450 g/mol. The van der Waals surface area contributed by atoms with Gasteiger partial charge in [-0.1, -0.05) is 15.9 Å². The summed E-state index contributed by atoms with van der Waals surface area (Å²) in [6.07, 6.45) is 0. The van der Waals surface area contributed by atoms with Crippen molar-refractivity contribution < 1.29 is 14.6 Å². The minimum Gasteiger partial charge on any atom is -0.508 e. The van der Waals surface area contributed by atoms with Crippen LogP contribution >= 0.6 is 15.9 Å². The van der Waals surface area contributed by atoms with Crippen molar-refractivity contribution in [1.82, 2.24) is 9.80 Å². The Hall–Kier alpha value is -2.16. The summed E-state index contributed by atoms with van der Waals surface area (Å²) in [5.41, 5.74) is 1.31. The molecule has 0 bridgehead atoms. The van der Waals surface area contributed by atoms with Gasteiger partial charge in [-0.3, -0.25) is 4.90 Å². The van der Waals surface area contributed by atoms with Gasteiger partial charge in [0.05, 0.1) is 13.2 Å². The van der Waals surface area contributed by atoms with Crippen LogP contribution in [0.1, 0.15) is 5.56 Å². The Balaban J connectivity index is 1.77. The number of hydrogen-bond donors (Lipinski definition) is 3. The van der Waals surface area contributed by atoms with E-state index in [4.69, 9.17) is 5.11 Å². The predicted molar refractivity (Wildman–Crippen MR) is 112 cm³/mol. The smallest absolute Gasteiger partial charge is 0.198 e. The zero-order valence-corrected chi connectivity index (χ0v) is 17.1. The van der Waals surface area contributed by atoms with Crippen LogP contribution in [0.2, 0.25) is 0 Å². The van der Waals surface area contributed by atoms with Crippen molar-refractivity contribution >= 4 is 27.6 Å². The van der Waals surface area contributed by atoms with Crippen molar-refractivity contribution in [3.63, 3.8) is 0 Å². The Bertz CT molecular complexity index is 808. The SMILES string of the molecule is OCCN1CCN(C(=NCc2cc(Br)ccc2F)Nc2ccc(O)cc2)CC1. The number of rotatable bonds is 5. The molecule has 2 aromatic rings. The van der Waals surface area contributed by atoms with Crippen molar-refractivity contribution in [1.29, 1.82) is 0 Å². The van der Waals surface area contributed by atoms with Gasteiger partial charge in [0.2, 0.25) is 0 Å². The number of anilines is 1. The molecule has 2 aromatic carbocycles. The van der Waals surface area contributed by atoms with Crippen LogP contribution in [0.15, 0.2) is 51.9 Å². The summed E-state index contributed by atoms with van der Waals surface area (Å²) in [5, 5.41) is 21.9. The Morgan fingerprint density at radius 2 is 1.82 bits per heavy atom. The molecule has 8 heteroatoms. The Morgan fingerprint density at radius 1 is 1.11 bits per heavy atom. The van der Waals surface area contributed by atoms with E-state index in [0.29, 0.717) is 18.1 Å². The third-order valence-corrected chi connectivity index (χ3v) is 5.11. The van der Waals surface area contributed by atoms with E-state index in [1.807, 2.05) is 0 Å². The fourth-order valence-corrected chi connectivity index (χ4v) is 3.45. The second-order valence-electron chi connectivity index (χ2n) is 6.60. The molecule has 1 saturated heterocycles. The van der Waals surface area contributed by atoms with Crippen LogP contribution in [-0.4, -0.2) is 65.3 Å². The van der Waals surface area contributed by atoms with E-state index in [1.54, 1.807) is 36.4 Å². The Labute approximate surface area is 172 Å². The number of nitrogens with zero attached hydrogens (tertiary/aromatic N) is 3. The van der Waals surface area contributed by atoms with Crippen molar-refractivity contribution in [2.24, 2.45) is 4.99 Å². The number of aliphatic hydroxyl groups is 1. The van der Waals surface area contributed by atoms with Crippen molar-refractivity contribution in [2.45, 2.75) is 6.54 Å². The topological polar surface area (TPSA) is 71.3 Å². The standard InChI is InChI=1S/C20H24BrFN4O2/c21-16-1-6-19(22)15(13-16)14-23-20(24-17-2-4-18(28)5-3-17)26-9-7-25(8-10-26)11-12-27/h1-6,13,27-28H,7-12,14H2,(H,23,24). The number of phenols is 1.